The molecular weight excluding hydrogens is 412 g/mol. The maximum absolute atomic E-state index is 13.4. The number of hydrogen-bond acceptors (Lipinski definition) is 6. The van der Waals surface area contributed by atoms with Crippen molar-refractivity contribution < 1.29 is 19.5 Å². The second-order valence-electron chi connectivity index (χ2n) is 6.71. The molecule has 8 nitrogen and oxygen atoms in total. The third-order valence-electron chi connectivity index (χ3n) is 4.69. The van der Waals surface area contributed by atoms with Gasteiger partial charge in [-0.25, -0.2) is 9.78 Å². The Bertz CT molecular complexity index is 911. The molecule has 3 N–H and O–H groups in total. The highest BCUT2D eigenvalue weighted by atomic mass is 32.2. The maximum atomic E-state index is 13.4. The molecule has 1 saturated carbocycles. The summed E-state index contributed by atoms with van der Waals surface area (Å²) in [5.41, 5.74) is 6.39. The van der Waals surface area contributed by atoms with Crippen LogP contribution < -0.4 is 15.5 Å². The van der Waals surface area contributed by atoms with Crippen LogP contribution >= 0.6 is 23.1 Å². The summed E-state index contributed by atoms with van der Waals surface area (Å²) in [6, 6.07) is 6.57. The van der Waals surface area contributed by atoms with Gasteiger partial charge in [-0.2, -0.15) is 0 Å². The van der Waals surface area contributed by atoms with E-state index in [0.717, 1.165) is 29.9 Å². The number of carbonyl (C=O) groups excluding carboxylic acids is 2. The van der Waals surface area contributed by atoms with Gasteiger partial charge in [0.05, 0.1) is 16.2 Å². The van der Waals surface area contributed by atoms with E-state index in [4.69, 9.17) is 10.8 Å². The third kappa shape index (κ3) is 5.07. The maximum Gasteiger partial charge on any atom is 0.330 e. The van der Waals surface area contributed by atoms with Crippen molar-refractivity contribution in [1.29, 1.82) is 0 Å². The lowest BCUT2D eigenvalue weighted by molar-refractivity contribution is -0.133. The monoisotopic (exact) mass is 434 g/mol. The number of thioether (sulfide) groups is 1. The molecule has 0 unspecified atom stereocenters. The average Bonchev–Trinajstić information content (AvgIpc) is 3.38. The number of hydrogen-bond donors (Lipinski definition) is 2. The van der Waals surface area contributed by atoms with Crippen molar-refractivity contribution >= 4 is 51.8 Å². The van der Waals surface area contributed by atoms with Crippen LogP contribution in [0.5, 0.6) is 0 Å². The first-order chi connectivity index (χ1) is 13.9. The van der Waals surface area contributed by atoms with Crippen molar-refractivity contribution in [1.82, 2.24) is 4.98 Å². The molecule has 1 heterocycles. The normalized spacial score (nSPS) is 14.0. The molecule has 3 amide bonds. The van der Waals surface area contributed by atoms with Crippen LogP contribution in [0.2, 0.25) is 0 Å². The highest BCUT2D eigenvalue weighted by Gasteiger charge is 2.31. The van der Waals surface area contributed by atoms with Gasteiger partial charge in [0.1, 0.15) is 0 Å². The van der Waals surface area contributed by atoms with Crippen molar-refractivity contribution in [2.24, 2.45) is 5.73 Å². The molecule has 10 heteroatoms. The zero-order chi connectivity index (χ0) is 21.0. The van der Waals surface area contributed by atoms with E-state index in [9.17, 15) is 14.4 Å². The fourth-order valence-electron chi connectivity index (χ4n) is 3.30. The SMILES string of the molecule is CN(C(=O)N(c1cccc(C(N)=O)c1)C1CCCC1)c1ncc(SCC(=O)O)s1. The van der Waals surface area contributed by atoms with Crippen LogP contribution in [0.4, 0.5) is 15.6 Å². The molecule has 0 aliphatic heterocycles. The molecule has 29 heavy (non-hydrogen) atoms. The lowest BCUT2D eigenvalue weighted by Crippen LogP contribution is -2.46. The van der Waals surface area contributed by atoms with Gasteiger partial charge in [0.2, 0.25) is 5.91 Å². The smallest absolute Gasteiger partial charge is 0.330 e. The number of nitrogens with zero attached hydrogens (tertiary/aromatic N) is 3. The molecule has 3 rings (SSSR count). The van der Waals surface area contributed by atoms with E-state index < -0.39 is 11.9 Å². The number of urea groups is 1. The molecular formula is C19H22N4O4S2. The molecule has 2 aromatic rings. The van der Waals surface area contributed by atoms with Gasteiger partial charge in [-0.15, -0.1) is 11.8 Å². The first kappa shape index (κ1) is 21.1. The van der Waals surface area contributed by atoms with Crippen molar-refractivity contribution in [3.8, 4) is 0 Å². The Morgan fingerprint density at radius 1 is 1.31 bits per heavy atom. The predicted molar refractivity (Wildman–Crippen MR) is 114 cm³/mol. The van der Waals surface area contributed by atoms with Crippen LogP contribution in [0.15, 0.2) is 34.7 Å². The Kier molecular flexibility index (Phi) is 6.75. The predicted octanol–water partition coefficient (Wildman–Crippen LogP) is 3.42. The quantitative estimate of drug-likeness (QED) is 0.645. The van der Waals surface area contributed by atoms with E-state index >= 15 is 0 Å². The minimum atomic E-state index is -0.906. The largest absolute Gasteiger partial charge is 0.481 e. The number of aromatic nitrogens is 1. The molecule has 1 aromatic heterocycles. The van der Waals surface area contributed by atoms with Crippen molar-refractivity contribution in [2.75, 3.05) is 22.6 Å². The number of amides is 3. The fourth-order valence-corrected chi connectivity index (χ4v) is 4.93. The topological polar surface area (TPSA) is 117 Å². The molecule has 154 valence electrons. The highest BCUT2D eigenvalue weighted by molar-refractivity contribution is 8.01. The molecule has 1 aliphatic rings. The zero-order valence-corrected chi connectivity index (χ0v) is 17.5. The Morgan fingerprint density at radius 2 is 2.03 bits per heavy atom. The lowest BCUT2D eigenvalue weighted by atomic mass is 10.1. The number of thiazole rings is 1. The van der Waals surface area contributed by atoms with Gasteiger partial charge in [-0.1, -0.05) is 30.2 Å². The van der Waals surface area contributed by atoms with Gasteiger partial charge >= 0.3 is 12.0 Å². The highest BCUT2D eigenvalue weighted by Crippen LogP contribution is 2.33. The third-order valence-corrected chi connectivity index (χ3v) is 6.94. The summed E-state index contributed by atoms with van der Waals surface area (Å²) >= 11 is 2.43. The lowest BCUT2D eigenvalue weighted by Gasteiger charge is -2.32. The summed E-state index contributed by atoms with van der Waals surface area (Å²) in [6.07, 6.45) is 5.43. The summed E-state index contributed by atoms with van der Waals surface area (Å²) in [5, 5.41) is 9.30. The number of carboxylic acids is 1. The van der Waals surface area contributed by atoms with Crippen LogP contribution in [0.25, 0.3) is 0 Å². The second-order valence-corrected chi connectivity index (χ2v) is 8.99. The van der Waals surface area contributed by atoms with Gasteiger partial charge in [-0.3, -0.25) is 19.4 Å². The van der Waals surface area contributed by atoms with Gasteiger partial charge in [0.25, 0.3) is 0 Å². The number of anilines is 2. The Labute approximate surface area is 176 Å². The Morgan fingerprint density at radius 3 is 2.69 bits per heavy atom. The summed E-state index contributed by atoms with van der Waals surface area (Å²) in [5.74, 6) is -1.51. The first-order valence-corrected chi connectivity index (χ1v) is 10.9. The molecule has 1 fully saturated rings. The molecule has 0 spiro atoms. The van der Waals surface area contributed by atoms with Crippen LogP contribution in [0.3, 0.4) is 0 Å². The summed E-state index contributed by atoms with van der Waals surface area (Å²) in [7, 11) is 1.65. The van der Waals surface area contributed by atoms with Crippen LogP contribution in [-0.4, -0.2) is 46.8 Å². The van der Waals surface area contributed by atoms with E-state index in [1.54, 1.807) is 42.4 Å². The number of carboxylic acid groups (broad SMARTS) is 1. The Hall–Kier alpha value is -2.59. The van der Waals surface area contributed by atoms with E-state index in [0.29, 0.717) is 16.4 Å². The minimum Gasteiger partial charge on any atom is -0.481 e. The minimum absolute atomic E-state index is 0.0360. The number of rotatable bonds is 7. The molecule has 0 bridgehead atoms. The number of primary amides is 1. The first-order valence-electron chi connectivity index (χ1n) is 9.14. The number of carbonyl (C=O) groups is 3. The number of aliphatic carboxylic acids is 1. The van der Waals surface area contributed by atoms with Gasteiger partial charge in [0.15, 0.2) is 5.13 Å². The molecule has 1 aromatic carbocycles. The summed E-state index contributed by atoms with van der Waals surface area (Å²) in [4.78, 5) is 43.2. The summed E-state index contributed by atoms with van der Waals surface area (Å²) in [6.45, 7) is 0. The van der Waals surface area contributed by atoms with Gasteiger partial charge in [-0.05, 0) is 31.0 Å². The molecule has 1 aliphatic carbocycles. The number of benzene rings is 1. The van der Waals surface area contributed by atoms with Crippen molar-refractivity contribution in [3.05, 3.63) is 36.0 Å². The zero-order valence-electron chi connectivity index (χ0n) is 15.9. The standard InChI is InChI=1S/C19H22N4O4S2/c1-22(18-21-10-16(29-18)28-11-15(24)25)19(27)23(13-6-2-3-7-13)14-8-4-5-12(9-14)17(20)26/h4-5,8-10,13H,2-3,6-7,11H2,1H3,(H2,20,26)(H,24,25). The van der Waals surface area contributed by atoms with E-state index in [2.05, 4.69) is 4.98 Å². The number of nitrogens with two attached hydrogens (primary N) is 1. The molecule has 0 saturated heterocycles. The van der Waals surface area contributed by atoms with E-state index in [-0.39, 0.29) is 17.8 Å². The molecule has 0 radical (unpaired) electrons. The van der Waals surface area contributed by atoms with Crippen LogP contribution in [0, 0.1) is 0 Å². The van der Waals surface area contributed by atoms with Crippen molar-refractivity contribution in [2.45, 2.75) is 35.9 Å². The van der Waals surface area contributed by atoms with Crippen LogP contribution in [-0.2, 0) is 4.79 Å². The second kappa shape index (κ2) is 9.27. The van der Waals surface area contributed by atoms with E-state index in [1.165, 1.54) is 28.0 Å². The van der Waals surface area contributed by atoms with Crippen molar-refractivity contribution in [3.63, 3.8) is 0 Å². The fraction of sp³-hybridized carbons (Fsp3) is 0.368. The van der Waals surface area contributed by atoms with Gasteiger partial charge < -0.3 is 10.8 Å². The van der Waals surface area contributed by atoms with Crippen LogP contribution in [0.1, 0.15) is 36.0 Å². The van der Waals surface area contributed by atoms with Gasteiger partial charge in [0, 0.05) is 24.3 Å². The Balaban J connectivity index is 1.86. The average molecular weight is 435 g/mol. The summed E-state index contributed by atoms with van der Waals surface area (Å²) < 4.78 is 0.727. The van der Waals surface area contributed by atoms with E-state index in [1.807, 2.05) is 0 Å². The molecule has 0 atom stereocenters.